The van der Waals surface area contributed by atoms with Crippen molar-refractivity contribution in [3.63, 3.8) is 0 Å². The Balaban J connectivity index is 1.65. The van der Waals surface area contributed by atoms with Crippen molar-refractivity contribution >= 4 is 17.5 Å². The second-order valence-corrected chi connectivity index (χ2v) is 6.97. The Morgan fingerprint density at radius 2 is 2.00 bits per heavy atom. The minimum Gasteiger partial charge on any atom is -0.392 e. The van der Waals surface area contributed by atoms with Crippen LogP contribution in [0.1, 0.15) is 25.3 Å². The van der Waals surface area contributed by atoms with Gasteiger partial charge in [0.1, 0.15) is 0 Å². The summed E-state index contributed by atoms with van der Waals surface area (Å²) in [7, 11) is 0. The van der Waals surface area contributed by atoms with Crippen LogP contribution < -0.4 is 0 Å². The van der Waals surface area contributed by atoms with Gasteiger partial charge in [0.25, 0.3) is 0 Å². The van der Waals surface area contributed by atoms with Gasteiger partial charge in [0.2, 0.25) is 5.91 Å². The Hall–Kier alpha value is -1.10. The highest BCUT2D eigenvalue weighted by Gasteiger charge is 2.53. The van der Waals surface area contributed by atoms with E-state index in [0.29, 0.717) is 11.6 Å². The summed E-state index contributed by atoms with van der Waals surface area (Å²) in [5.74, 6) is 0.242. The smallest absolute Gasteiger partial charge is 0.233 e. The van der Waals surface area contributed by atoms with Crippen LogP contribution in [0.5, 0.6) is 0 Å². The number of nitrogens with zero attached hydrogens (tertiary/aromatic N) is 2. The Morgan fingerprint density at radius 1 is 1.32 bits per heavy atom. The first kappa shape index (κ1) is 15.8. The number of halogens is 1. The first-order chi connectivity index (χ1) is 10.5. The Morgan fingerprint density at radius 3 is 2.55 bits per heavy atom. The van der Waals surface area contributed by atoms with Gasteiger partial charge >= 0.3 is 0 Å². The van der Waals surface area contributed by atoms with E-state index < -0.39 is 0 Å². The van der Waals surface area contributed by atoms with Crippen molar-refractivity contribution in [1.82, 2.24) is 9.80 Å². The zero-order chi connectivity index (χ0) is 15.7. The minimum absolute atomic E-state index is 0.242. The predicted molar refractivity (Wildman–Crippen MR) is 87.1 cm³/mol. The lowest BCUT2D eigenvalue weighted by Crippen LogP contribution is -2.52. The number of aliphatic hydroxyl groups is 1. The van der Waals surface area contributed by atoms with E-state index in [9.17, 15) is 9.90 Å². The van der Waals surface area contributed by atoms with Crippen LogP contribution in [0, 0.1) is 0 Å². The molecule has 2 fully saturated rings. The molecular formula is C17H23ClN2O2. The number of amides is 1. The molecule has 0 radical (unpaired) electrons. The molecule has 1 unspecified atom stereocenters. The molecule has 1 amide bonds. The van der Waals surface area contributed by atoms with Gasteiger partial charge in [0.15, 0.2) is 0 Å². The molecule has 4 nitrogen and oxygen atoms in total. The summed E-state index contributed by atoms with van der Waals surface area (Å²) < 4.78 is 0. The van der Waals surface area contributed by atoms with Crippen LogP contribution in [0.4, 0.5) is 0 Å². The van der Waals surface area contributed by atoms with Crippen LogP contribution in [0.2, 0.25) is 5.02 Å². The van der Waals surface area contributed by atoms with Crippen molar-refractivity contribution in [2.45, 2.75) is 31.3 Å². The van der Waals surface area contributed by atoms with Crippen molar-refractivity contribution in [3.05, 3.63) is 34.9 Å². The molecule has 1 N–H and O–H groups in total. The second kappa shape index (κ2) is 6.19. The van der Waals surface area contributed by atoms with Crippen LogP contribution in [0.3, 0.4) is 0 Å². The number of rotatable bonds is 4. The third kappa shape index (κ3) is 3.14. The highest BCUT2D eigenvalue weighted by atomic mass is 35.5. The van der Waals surface area contributed by atoms with Crippen molar-refractivity contribution in [1.29, 1.82) is 0 Å². The molecule has 22 heavy (non-hydrogen) atoms. The fourth-order valence-corrected chi connectivity index (χ4v) is 3.54. The number of β-amino-alcohol motifs (C(OH)–C–C–N with tert-alkyl or cyclic N) is 1. The topological polar surface area (TPSA) is 43.8 Å². The van der Waals surface area contributed by atoms with Crippen LogP contribution in [-0.4, -0.2) is 59.6 Å². The molecule has 2 aliphatic rings. The SMILES string of the molecule is CC(O)CN1CCN(C(=O)C2(c3cccc(Cl)c3)CC2)CC1. The van der Waals surface area contributed by atoms with Crippen LogP contribution in [-0.2, 0) is 10.2 Å². The highest BCUT2D eigenvalue weighted by molar-refractivity contribution is 6.30. The van der Waals surface area contributed by atoms with Crippen LogP contribution >= 0.6 is 11.6 Å². The average molecular weight is 323 g/mol. The van der Waals surface area contributed by atoms with Gasteiger partial charge in [-0.1, -0.05) is 23.7 Å². The molecule has 1 atom stereocenters. The maximum Gasteiger partial charge on any atom is 0.233 e. The van der Waals surface area contributed by atoms with E-state index in [0.717, 1.165) is 44.6 Å². The van der Waals surface area contributed by atoms with Gasteiger partial charge in [-0.3, -0.25) is 9.69 Å². The third-order valence-corrected chi connectivity index (χ3v) is 4.95. The lowest BCUT2D eigenvalue weighted by molar-refractivity contribution is -0.135. The van der Waals surface area contributed by atoms with Gasteiger partial charge in [0.05, 0.1) is 11.5 Å². The number of benzene rings is 1. The second-order valence-electron chi connectivity index (χ2n) is 6.53. The number of carbonyl (C=O) groups is 1. The van der Waals surface area contributed by atoms with E-state index >= 15 is 0 Å². The summed E-state index contributed by atoms with van der Waals surface area (Å²) >= 11 is 6.08. The first-order valence-corrected chi connectivity index (χ1v) is 8.35. The van der Waals surface area contributed by atoms with E-state index in [1.807, 2.05) is 29.2 Å². The van der Waals surface area contributed by atoms with Gasteiger partial charge < -0.3 is 10.0 Å². The number of hydrogen-bond acceptors (Lipinski definition) is 3. The van der Waals surface area contributed by atoms with E-state index in [2.05, 4.69) is 4.90 Å². The minimum atomic E-state index is -0.336. The Labute approximate surface area is 136 Å². The molecule has 1 aromatic carbocycles. The summed E-state index contributed by atoms with van der Waals surface area (Å²) in [5, 5.41) is 10.2. The Bertz CT molecular complexity index is 549. The lowest BCUT2D eigenvalue weighted by Gasteiger charge is -2.37. The molecule has 1 aliphatic heterocycles. The molecule has 1 heterocycles. The first-order valence-electron chi connectivity index (χ1n) is 7.97. The van der Waals surface area contributed by atoms with Crippen LogP contribution in [0.25, 0.3) is 0 Å². The number of piperazine rings is 1. The molecular weight excluding hydrogens is 300 g/mol. The van der Waals surface area contributed by atoms with Crippen molar-refractivity contribution in [2.24, 2.45) is 0 Å². The lowest BCUT2D eigenvalue weighted by atomic mass is 9.94. The molecule has 1 aliphatic carbocycles. The van der Waals surface area contributed by atoms with Gasteiger partial charge in [-0.05, 0) is 37.5 Å². The largest absolute Gasteiger partial charge is 0.392 e. The van der Waals surface area contributed by atoms with Gasteiger partial charge in [0, 0.05) is 37.7 Å². The fraction of sp³-hybridized carbons (Fsp3) is 0.588. The summed E-state index contributed by atoms with van der Waals surface area (Å²) in [6.07, 6.45) is 1.52. The molecule has 0 spiro atoms. The summed E-state index contributed by atoms with van der Waals surface area (Å²) in [4.78, 5) is 17.1. The number of carbonyl (C=O) groups excluding carboxylic acids is 1. The molecule has 1 aromatic rings. The number of hydrogen-bond donors (Lipinski definition) is 1. The zero-order valence-electron chi connectivity index (χ0n) is 13.0. The molecule has 1 saturated heterocycles. The van der Waals surface area contributed by atoms with Crippen molar-refractivity contribution in [2.75, 3.05) is 32.7 Å². The van der Waals surface area contributed by atoms with E-state index in [4.69, 9.17) is 11.6 Å². The van der Waals surface area contributed by atoms with Crippen molar-refractivity contribution < 1.29 is 9.90 Å². The maximum atomic E-state index is 12.9. The normalized spacial score (nSPS) is 22.4. The Kier molecular flexibility index (Phi) is 4.44. The molecule has 0 aromatic heterocycles. The monoisotopic (exact) mass is 322 g/mol. The molecule has 1 saturated carbocycles. The summed E-state index contributed by atoms with van der Waals surface area (Å²) in [6.45, 7) is 5.64. The molecule has 120 valence electrons. The number of aliphatic hydroxyl groups excluding tert-OH is 1. The van der Waals surface area contributed by atoms with E-state index in [-0.39, 0.29) is 17.4 Å². The van der Waals surface area contributed by atoms with E-state index in [1.165, 1.54) is 0 Å². The highest BCUT2D eigenvalue weighted by Crippen LogP contribution is 2.50. The van der Waals surface area contributed by atoms with Gasteiger partial charge in [-0.2, -0.15) is 0 Å². The van der Waals surface area contributed by atoms with Gasteiger partial charge in [-0.25, -0.2) is 0 Å². The van der Waals surface area contributed by atoms with E-state index in [1.54, 1.807) is 6.92 Å². The van der Waals surface area contributed by atoms with Gasteiger partial charge in [-0.15, -0.1) is 0 Å². The van der Waals surface area contributed by atoms with Crippen LogP contribution in [0.15, 0.2) is 24.3 Å². The quantitative estimate of drug-likeness (QED) is 0.920. The average Bonchev–Trinajstić information content (AvgIpc) is 3.28. The fourth-order valence-electron chi connectivity index (χ4n) is 3.35. The zero-order valence-corrected chi connectivity index (χ0v) is 13.7. The standard InChI is InChI=1S/C17H23ClN2O2/c1-13(21)12-19-7-9-20(10-8-19)16(22)17(5-6-17)14-3-2-4-15(18)11-14/h2-4,11,13,21H,5-10,12H2,1H3. The summed E-state index contributed by atoms with van der Waals surface area (Å²) in [5.41, 5.74) is 0.716. The molecule has 3 rings (SSSR count). The molecule has 0 bridgehead atoms. The third-order valence-electron chi connectivity index (χ3n) is 4.72. The van der Waals surface area contributed by atoms with Crippen molar-refractivity contribution in [3.8, 4) is 0 Å². The predicted octanol–water partition coefficient (Wildman–Crippen LogP) is 1.90. The summed E-state index contributed by atoms with van der Waals surface area (Å²) in [6, 6.07) is 7.71. The maximum absolute atomic E-state index is 12.9. The molecule has 5 heteroatoms.